The van der Waals surface area contributed by atoms with Gasteiger partial charge in [0.2, 0.25) is 5.82 Å². The molecule has 0 radical (unpaired) electrons. The van der Waals surface area contributed by atoms with Crippen molar-refractivity contribution in [3.8, 4) is 0 Å². The Morgan fingerprint density at radius 2 is 1.75 bits per heavy atom. The number of aliphatic hydroxyl groups is 1. The summed E-state index contributed by atoms with van der Waals surface area (Å²) in [6, 6.07) is 8.79. The van der Waals surface area contributed by atoms with E-state index in [9.17, 15) is 18.0 Å². The Morgan fingerprint density at radius 1 is 1.02 bits per heavy atom. The fraction of sp³-hybridized carbons (Fsp3) is 0.481. The number of nitrogens with one attached hydrogen (secondary N) is 1. The van der Waals surface area contributed by atoms with Crippen molar-refractivity contribution in [1.29, 1.82) is 0 Å². The maximum atomic E-state index is 13.3. The molecule has 0 spiro atoms. The SMILES string of the molecule is O=C(NCC(c1cnc(C(F)(F)F)nc1)N1CCOCC1)c1cccc2nc(N3CCN(CCO)CC3)ccc12. The van der Waals surface area contributed by atoms with Gasteiger partial charge in [-0.3, -0.25) is 14.6 Å². The molecule has 5 rings (SSSR count). The van der Waals surface area contributed by atoms with E-state index in [0.29, 0.717) is 54.9 Å². The summed E-state index contributed by atoms with van der Waals surface area (Å²) in [5, 5.41) is 12.8. The molecule has 2 saturated heterocycles. The Hall–Kier alpha value is -3.39. The van der Waals surface area contributed by atoms with Crippen molar-refractivity contribution in [2.45, 2.75) is 12.2 Å². The maximum Gasteiger partial charge on any atom is 0.451 e. The number of hydrogen-bond acceptors (Lipinski definition) is 9. The van der Waals surface area contributed by atoms with Crippen LogP contribution in [0.15, 0.2) is 42.7 Å². The number of carbonyl (C=O) groups excluding carboxylic acids is 1. The molecular formula is C27H32F3N7O3. The molecular weight excluding hydrogens is 527 g/mol. The molecule has 2 aromatic heterocycles. The van der Waals surface area contributed by atoms with Crippen molar-refractivity contribution in [1.82, 2.24) is 30.1 Å². The average molecular weight is 560 g/mol. The van der Waals surface area contributed by atoms with Gasteiger partial charge in [-0.2, -0.15) is 13.2 Å². The third kappa shape index (κ3) is 6.49. The zero-order valence-electron chi connectivity index (χ0n) is 22.0. The summed E-state index contributed by atoms with van der Waals surface area (Å²) in [7, 11) is 0. The summed E-state index contributed by atoms with van der Waals surface area (Å²) in [5.74, 6) is -0.664. The summed E-state index contributed by atoms with van der Waals surface area (Å²) in [6.45, 7) is 6.36. The largest absolute Gasteiger partial charge is 0.451 e. The molecule has 2 fully saturated rings. The Bertz CT molecular complexity index is 1290. The van der Waals surface area contributed by atoms with Crippen molar-refractivity contribution >= 4 is 22.6 Å². The molecule has 1 aromatic carbocycles. The summed E-state index contributed by atoms with van der Waals surface area (Å²) in [6.07, 6.45) is -2.28. The van der Waals surface area contributed by atoms with E-state index in [2.05, 4.69) is 25.1 Å². The number of aliphatic hydroxyl groups excluding tert-OH is 1. The number of aromatic nitrogens is 3. The lowest BCUT2D eigenvalue weighted by Crippen LogP contribution is -2.47. The second kappa shape index (κ2) is 12.4. The molecule has 1 amide bonds. The van der Waals surface area contributed by atoms with Crippen LogP contribution in [-0.2, 0) is 10.9 Å². The van der Waals surface area contributed by atoms with E-state index in [1.54, 1.807) is 12.1 Å². The fourth-order valence-corrected chi connectivity index (χ4v) is 5.15. The highest BCUT2D eigenvalue weighted by Gasteiger charge is 2.35. The van der Waals surface area contributed by atoms with Crippen LogP contribution in [0.2, 0.25) is 0 Å². The van der Waals surface area contributed by atoms with Crippen LogP contribution in [0.1, 0.15) is 27.8 Å². The molecule has 2 aliphatic rings. The van der Waals surface area contributed by atoms with E-state index in [1.165, 1.54) is 12.4 Å². The van der Waals surface area contributed by atoms with Crippen molar-refractivity contribution in [2.24, 2.45) is 0 Å². The summed E-state index contributed by atoms with van der Waals surface area (Å²) >= 11 is 0. The first kappa shape index (κ1) is 28.1. The van der Waals surface area contributed by atoms with Crippen LogP contribution in [0.5, 0.6) is 0 Å². The van der Waals surface area contributed by atoms with Gasteiger partial charge in [0.25, 0.3) is 5.91 Å². The third-order valence-corrected chi connectivity index (χ3v) is 7.33. The number of fused-ring (bicyclic) bond motifs is 1. The molecule has 0 aliphatic carbocycles. The van der Waals surface area contributed by atoms with Gasteiger partial charge in [-0.1, -0.05) is 6.07 Å². The van der Waals surface area contributed by atoms with Gasteiger partial charge >= 0.3 is 6.18 Å². The van der Waals surface area contributed by atoms with Gasteiger partial charge in [-0.05, 0) is 24.3 Å². The minimum Gasteiger partial charge on any atom is -0.395 e. The maximum absolute atomic E-state index is 13.3. The first-order valence-corrected chi connectivity index (χ1v) is 13.3. The lowest BCUT2D eigenvalue weighted by atomic mass is 10.1. The number of alkyl halides is 3. The highest BCUT2D eigenvalue weighted by molar-refractivity contribution is 6.06. The normalized spacial score (nSPS) is 18.1. The molecule has 13 heteroatoms. The van der Waals surface area contributed by atoms with Crippen molar-refractivity contribution in [2.75, 3.05) is 77.1 Å². The van der Waals surface area contributed by atoms with Gasteiger partial charge in [0, 0.05) is 81.3 Å². The van der Waals surface area contributed by atoms with Gasteiger partial charge in [-0.15, -0.1) is 0 Å². The van der Waals surface area contributed by atoms with Crippen LogP contribution in [-0.4, -0.2) is 108 Å². The fourth-order valence-electron chi connectivity index (χ4n) is 5.15. The Kier molecular flexibility index (Phi) is 8.74. The summed E-state index contributed by atoms with van der Waals surface area (Å²) in [5.41, 5.74) is 1.65. The Morgan fingerprint density at radius 3 is 2.42 bits per heavy atom. The second-order valence-electron chi connectivity index (χ2n) is 9.81. The lowest BCUT2D eigenvalue weighted by molar-refractivity contribution is -0.145. The predicted molar refractivity (Wildman–Crippen MR) is 142 cm³/mol. The van der Waals surface area contributed by atoms with Crippen LogP contribution in [0.25, 0.3) is 10.9 Å². The number of nitrogens with zero attached hydrogens (tertiary/aromatic N) is 6. The van der Waals surface area contributed by atoms with E-state index in [1.807, 2.05) is 23.1 Å². The molecule has 0 saturated carbocycles. The minimum atomic E-state index is -4.63. The van der Waals surface area contributed by atoms with Gasteiger partial charge < -0.3 is 20.1 Å². The topological polar surface area (TPSA) is 107 Å². The number of ether oxygens (including phenoxy) is 1. The molecule has 1 atom stereocenters. The predicted octanol–water partition coefficient (Wildman–Crippen LogP) is 1.96. The summed E-state index contributed by atoms with van der Waals surface area (Å²) in [4.78, 5) is 31.6. The Labute approximate surface area is 229 Å². The highest BCUT2D eigenvalue weighted by Crippen LogP contribution is 2.28. The number of carbonyl (C=O) groups is 1. The monoisotopic (exact) mass is 559 g/mol. The van der Waals surface area contributed by atoms with Gasteiger partial charge in [0.1, 0.15) is 5.82 Å². The quantitative estimate of drug-likeness (QED) is 0.428. The van der Waals surface area contributed by atoms with Crippen LogP contribution < -0.4 is 10.2 Å². The number of hydrogen-bond donors (Lipinski definition) is 2. The van der Waals surface area contributed by atoms with Crippen molar-refractivity contribution in [3.05, 3.63) is 59.7 Å². The first-order chi connectivity index (χ1) is 19.3. The molecule has 2 aliphatic heterocycles. The second-order valence-corrected chi connectivity index (χ2v) is 9.81. The molecule has 4 heterocycles. The molecule has 3 aromatic rings. The van der Waals surface area contributed by atoms with Crippen molar-refractivity contribution < 1.29 is 27.8 Å². The number of β-amino-alcohol motifs (C(OH)–C–C–N with tert-alkyl or cyclic N) is 1. The highest BCUT2D eigenvalue weighted by atomic mass is 19.4. The van der Waals surface area contributed by atoms with Crippen LogP contribution in [0, 0.1) is 0 Å². The lowest BCUT2D eigenvalue weighted by Gasteiger charge is -2.35. The zero-order valence-corrected chi connectivity index (χ0v) is 22.0. The number of pyridine rings is 1. The van der Waals surface area contributed by atoms with E-state index in [0.717, 1.165) is 32.0 Å². The van der Waals surface area contributed by atoms with Gasteiger partial charge in [0.05, 0.1) is 31.4 Å². The van der Waals surface area contributed by atoms with Gasteiger partial charge in [-0.25, -0.2) is 15.0 Å². The number of morpholine rings is 1. The van der Waals surface area contributed by atoms with E-state index in [-0.39, 0.29) is 19.1 Å². The van der Waals surface area contributed by atoms with E-state index >= 15 is 0 Å². The zero-order chi connectivity index (χ0) is 28.1. The average Bonchev–Trinajstić information content (AvgIpc) is 2.97. The Balaban J connectivity index is 1.31. The summed E-state index contributed by atoms with van der Waals surface area (Å²) < 4.78 is 44.4. The molecule has 2 N–H and O–H groups in total. The minimum absolute atomic E-state index is 0.143. The van der Waals surface area contributed by atoms with E-state index < -0.39 is 18.0 Å². The number of benzene rings is 1. The number of halogens is 3. The van der Waals surface area contributed by atoms with Crippen LogP contribution >= 0.6 is 0 Å². The third-order valence-electron chi connectivity index (χ3n) is 7.33. The smallest absolute Gasteiger partial charge is 0.395 e. The number of anilines is 1. The van der Waals surface area contributed by atoms with Crippen LogP contribution in [0.3, 0.4) is 0 Å². The van der Waals surface area contributed by atoms with Crippen molar-refractivity contribution in [3.63, 3.8) is 0 Å². The molecule has 0 bridgehead atoms. The van der Waals surface area contributed by atoms with E-state index in [4.69, 9.17) is 14.8 Å². The molecule has 214 valence electrons. The first-order valence-electron chi connectivity index (χ1n) is 13.3. The van der Waals surface area contributed by atoms with Gasteiger partial charge in [0.15, 0.2) is 0 Å². The standard InChI is InChI=1S/C27H32F3N7O3/c28-27(29,30)26-32-16-19(17-33-26)23(36-11-14-40-15-12-36)18-31-25(39)21-2-1-3-22-20(21)4-5-24(34-22)37-8-6-35(7-9-37)10-13-38/h1-5,16-17,23,38H,6-15,18H2,(H,31,39). The number of rotatable bonds is 8. The van der Waals surface area contributed by atoms with Crippen LogP contribution in [0.4, 0.5) is 19.0 Å². The number of piperazine rings is 1. The molecule has 40 heavy (non-hydrogen) atoms. The molecule has 1 unspecified atom stereocenters. The number of amides is 1. The molecule has 10 nitrogen and oxygen atoms in total.